The summed E-state index contributed by atoms with van der Waals surface area (Å²) in [6.07, 6.45) is -0.192. The Morgan fingerprint density at radius 1 is 1.11 bits per heavy atom. The summed E-state index contributed by atoms with van der Waals surface area (Å²) >= 11 is 6.17. The lowest BCUT2D eigenvalue weighted by Gasteiger charge is -2.18. The third-order valence-corrected chi connectivity index (χ3v) is 6.77. The minimum atomic E-state index is -3.31. The molecule has 146 valence electrons. The van der Waals surface area contributed by atoms with E-state index in [1.54, 1.807) is 51.3 Å². The molecule has 0 unspecified atom stereocenters. The highest BCUT2D eigenvalue weighted by Crippen LogP contribution is 2.24. The number of carbonyl (C=O) groups is 1. The molecule has 0 saturated carbocycles. The van der Waals surface area contributed by atoms with Crippen molar-refractivity contribution >= 4 is 27.3 Å². The molecule has 0 saturated heterocycles. The molecule has 1 N–H and O–H groups in total. The number of carbonyl (C=O) groups excluding carboxylic acids is 1. The first-order valence-electron chi connectivity index (χ1n) is 8.62. The molecule has 0 aromatic heterocycles. The summed E-state index contributed by atoms with van der Waals surface area (Å²) < 4.78 is 29.7. The van der Waals surface area contributed by atoms with Gasteiger partial charge in [-0.2, -0.15) is 0 Å². The summed E-state index contributed by atoms with van der Waals surface area (Å²) in [5, 5.41) is 2.93. The fourth-order valence-corrected chi connectivity index (χ4v) is 3.90. The molecule has 2 rings (SSSR count). The van der Waals surface area contributed by atoms with Gasteiger partial charge in [-0.15, -0.1) is 0 Å². The number of halogens is 1. The zero-order chi connectivity index (χ0) is 20.0. The Hall–Kier alpha value is -1.89. The van der Waals surface area contributed by atoms with E-state index in [9.17, 15) is 13.2 Å². The van der Waals surface area contributed by atoms with Gasteiger partial charge in [0.15, 0.2) is 9.84 Å². The van der Waals surface area contributed by atoms with E-state index in [1.807, 2.05) is 18.2 Å². The van der Waals surface area contributed by atoms with Crippen molar-refractivity contribution in [3.8, 4) is 0 Å². The number of benzene rings is 2. The van der Waals surface area contributed by atoms with Crippen LogP contribution < -0.4 is 5.32 Å². The average molecular weight is 410 g/mol. The molecule has 0 radical (unpaired) electrons. The maximum absolute atomic E-state index is 12.2. The Morgan fingerprint density at radius 2 is 1.74 bits per heavy atom. The lowest BCUT2D eigenvalue weighted by atomic mass is 10.1. The van der Waals surface area contributed by atoms with Crippen LogP contribution in [0.15, 0.2) is 53.4 Å². The van der Waals surface area contributed by atoms with Gasteiger partial charge in [-0.05, 0) is 37.6 Å². The highest BCUT2D eigenvalue weighted by molar-refractivity contribution is 7.92. The molecule has 7 heteroatoms. The maximum Gasteiger partial charge on any atom is 0.224 e. The molecule has 0 heterocycles. The lowest BCUT2D eigenvalue weighted by molar-refractivity contribution is -0.121. The molecule has 1 atom stereocenters. The van der Waals surface area contributed by atoms with Crippen LogP contribution in [0.4, 0.5) is 0 Å². The molecule has 27 heavy (non-hydrogen) atoms. The second kappa shape index (κ2) is 9.35. The maximum atomic E-state index is 12.2. The minimum Gasteiger partial charge on any atom is -0.375 e. The molecular formula is C20H24ClNO4S. The van der Waals surface area contributed by atoms with Gasteiger partial charge in [0.05, 0.1) is 16.6 Å². The number of ether oxygens (including phenoxy) is 1. The highest BCUT2D eigenvalue weighted by Gasteiger charge is 2.19. The number of amides is 1. The molecule has 0 fully saturated rings. The van der Waals surface area contributed by atoms with E-state index in [-0.39, 0.29) is 23.3 Å². The summed E-state index contributed by atoms with van der Waals surface area (Å²) in [4.78, 5) is 12.5. The van der Waals surface area contributed by atoms with Crippen molar-refractivity contribution in [1.82, 2.24) is 5.32 Å². The predicted octanol–water partition coefficient (Wildman–Crippen LogP) is 3.57. The number of rotatable bonds is 8. The van der Waals surface area contributed by atoms with Crippen LogP contribution in [0, 0.1) is 0 Å². The zero-order valence-electron chi connectivity index (χ0n) is 15.6. The summed E-state index contributed by atoms with van der Waals surface area (Å²) in [6.45, 7) is 3.57. The van der Waals surface area contributed by atoms with E-state index in [4.69, 9.17) is 16.3 Å². The molecule has 5 nitrogen and oxygen atoms in total. The summed E-state index contributed by atoms with van der Waals surface area (Å²) in [5.41, 5.74) is 1.55. The van der Waals surface area contributed by atoms with Gasteiger partial charge in [-0.25, -0.2) is 8.42 Å². The summed E-state index contributed by atoms with van der Waals surface area (Å²) in [7, 11) is -1.75. The van der Waals surface area contributed by atoms with Crippen LogP contribution in [0.2, 0.25) is 5.02 Å². The number of hydrogen-bond acceptors (Lipinski definition) is 4. The number of nitrogens with one attached hydrogen (secondary N) is 1. The highest BCUT2D eigenvalue weighted by atomic mass is 35.5. The van der Waals surface area contributed by atoms with Gasteiger partial charge in [-0.3, -0.25) is 4.79 Å². The van der Waals surface area contributed by atoms with Crippen molar-refractivity contribution in [3.05, 3.63) is 64.7 Å². The van der Waals surface area contributed by atoms with Crippen molar-refractivity contribution in [3.63, 3.8) is 0 Å². The molecule has 0 aliphatic rings. The normalized spacial score (nSPS) is 12.8. The van der Waals surface area contributed by atoms with E-state index in [0.29, 0.717) is 11.6 Å². The summed E-state index contributed by atoms with van der Waals surface area (Å²) in [5.74, 6) is -0.177. The third kappa shape index (κ3) is 5.54. The predicted molar refractivity (Wildman–Crippen MR) is 107 cm³/mol. The van der Waals surface area contributed by atoms with Crippen molar-refractivity contribution in [2.45, 2.75) is 36.5 Å². The van der Waals surface area contributed by atoms with Crippen LogP contribution >= 0.6 is 11.6 Å². The molecule has 0 aliphatic carbocycles. The van der Waals surface area contributed by atoms with Gasteiger partial charge >= 0.3 is 0 Å². The average Bonchev–Trinajstić information content (AvgIpc) is 2.64. The Kier molecular flexibility index (Phi) is 7.41. The van der Waals surface area contributed by atoms with Crippen molar-refractivity contribution in [2.24, 2.45) is 0 Å². The largest absolute Gasteiger partial charge is 0.375 e. The third-order valence-electron chi connectivity index (χ3n) is 4.26. The van der Waals surface area contributed by atoms with Crippen LogP contribution in [0.25, 0.3) is 0 Å². The number of sulfone groups is 1. The molecule has 2 aromatic carbocycles. The molecule has 0 bridgehead atoms. The Labute approximate surface area is 165 Å². The first-order valence-corrected chi connectivity index (χ1v) is 10.5. The zero-order valence-corrected chi connectivity index (χ0v) is 17.2. The standard InChI is InChI=1S/C20H24ClNO4S/c1-14(2)27(24,25)16-10-8-15(9-11-16)12-20(23)22-13-19(26-3)17-6-4-5-7-18(17)21/h4-11,14,19H,12-13H2,1-3H3,(H,22,23)/t19-/m0/s1. The smallest absolute Gasteiger partial charge is 0.224 e. The van der Waals surface area contributed by atoms with Gasteiger partial charge in [0.2, 0.25) is 5.91 Å². The van der Waals surface area contributed by atoms with Gasteiger partial charge in [0.25, 0.3) is 0 Å². The molecular weight excluding hydrogens is 386 g/mol. The molecule has 0 aliphatic heterocycles. The second-order valence-electron chi connectivity index (χ2n) is 6.46. The SMILES string of the molecule is CO[C@@H](CNC(=O)Cc1ccc(S(=O)(=O)C(C)C)cc1)c1ccccc1Cl. The van der Waals surface area contributed by atoms with Crippen molar-refractivity contribution < 1.29 is 17.9 Å². The van der Waals surface area contributed by atoms with Crippen molar-refractivity contribution in [2.75, 3.05) is 13.7 Å². The number of methoxy groups -OCH3 is 1. The molecule has 0 spiro atoms. The van der Waals surface area contributed by atoms with Crippen molar-refractivity contribution in [1.29, 1.82) is 0 Å². The lowest BCUT2D eigenvalue weighted by Crippen LogP contribution is -2.30. The van der Waals surface area contributed by atoms with Crippen LogP contribution in [0.5, 0.6) is 0 Å². The Balaban J connectivity index is 1.96. The van der Waals surface area contributed by atoms with Gasteiger partial charge in [0, 0.05) is 24.2 Å². The minimum absolute atomic E-state index is 0.154. The first-order chi connectivity index (χ1) is 12.8. The molecule has 2 aromatic rings. The fraction of sp³-hybridized carbons (Fsp3) is 0.350. The Morgan fingerprint density at radius 3 is 2.30 bits per heavy atom. The number of hydrogen-bond donors (Lipinski definition) is 1. The van der Waals surface area contributed by atoms with Crippen LogP contribution in [-0.4, -0.2) is 33.2 Å². The van der Waals surface area contributed by atoms with E-state index in [2.05, 4.69) is 5.32 Å². The summed E-state index contributed by atoms with van der Waals surface area (Å²) in [6, 6.07) is 13.7. The topological polar surface area (TPSA) is 72.5 Å². The van der Waals surface area contributed by atoms with Gasteiger partial charge in [-0.1, -0.05) is 41.9 Å². The van der Waals surface area contributed by atoms with Crippen LogP contribution in [0.3, 0.4) is 0 Å². The van der Waals surface area contributed by atoms with E-state index in [1.165, 1.54) is 0 Å². The van der Waals surface area contributed by atoms with E-state index >= 15 is 0 Å². The van der Waals surface area contributed by atoms with Crippen LogP contribution in [0.1, 0.15) is 31.1 Å². The molecule has 1 amide bonds. The van der Waals surface area contributed by atoms with E-state index in [0.717, 1.165) is 11.1 Å². The van der Waals surface area contributed by atoms with Gasteiger partial charge < -0.3 is 10.1 Å². The van der Waals surface area contributed by atoms with Gasteiger partial charge in [0.1, 0.15) is 6.10 Å². The second-order valence-corrected chi connectivity index (χ2v) is 9.38. The monoisotopic (exact) mass is 409 g/mol. The van der Waals surface area contributed by atoms with E-state index < -0.39 is 15.1 Å². The van der Waals surface area contributed by atoms with Crippen LogP contribution in [-0.2, 0) is 25.8 Å². The fourth-order valence-electron chi connectivity index (χ4n) is 2.58. The Bertz CT molecular complexity index is 879. The first kappa shape index (κ1) is 21.4. The quantitative estimate of drug-likeness (QED) is 0.723.